The van der Waals surface area contributed by atoms with E-state index in [0.29, 0.717) is 0 Å². The quantitative estimate of drug-likeness (QED) is 0.798. The number of nitrogens with one attached hydrogen (secondary N) is 1. The summed E-state index contributed by atoms with van der Waals surface area (Å²) in [6, 6.07) is 12.0. The van der Waals surface area contributed by atoms with Crippen molar-refractivity contribution < 1.29 is 4.74 Å². The Kier molecular flexibility index (Phi) is 4.04. The highest BCUT2D eigenvalue weighted by Gasteiger charge is 2.20. The van der Waals surface area contributed by atoms with Gasteiger partial charge in [0.25, 0.3) is 0 Å². The zero-order valence-electron chi connectivity index (χ0n) is 13.8. The molecular weight excluding hydrogens is 302 g/mol. The smallest absolute Gasteiger partial charge is 0.203 e. The molecule has 3 aromatic rings. The summed E-state index contributed by atoms with van der Waals surface area (Å²) in [5.41, 5.74) is 3.16. The van der Waals surface area contributed by atoms with E-state index in [4.69, 9.17) is 9.72 Å². The molecule has 0 unspecified atom stereocenters. The zero-order chi connectivity index (χ0) is 16.4. The van der Waals surface area contributed by atoms with Crippen molar-refractivity contribution in [3.63, 3.8) is 0 Å². The molecule has 1 fully saturated rings. The van der Waals surface area contributed by atoms with Crippen LogP contribution in [-0.2, 0) is 6.54 Å². The fourth-order valence-electron chi connectivity index (χ4n) is 3.11. The van der Waals surface area contributed by atoms with E-state index in [-0.39, 0.29) is 0 Å². The Morgan fingerprint density at radius 3 is 2.75 bits per heavy atom. The molecule has 1 aromatic carbocycles. The number of pyridine rings is 1. The number of benzene rings is 1. The van der Waals surface area contributed by atoms with Gasteiger partial charge in [-0.05, 0) is 18.2 Å². The van der Waals surface area contributed by atoms with Gasteiger partial charge in [-0.15, -0.1) is 0 Å². The van der Waals surface area contributed by atoms with Crippen LogP contribution in [0.25, 0.3) is 11.0 Å². The molecule has 124 valence electrons. The van der Waals surface area contributed by atoms with Crippen LogP contribution < -0.4 is 9.64 Å². The Bertz CT molecular complexity index is 790. The molecule has 1 saturated heterocycles. The third kappa shape index (κ3) is 3.05. The van der Waals surface area contributed by atoms with Gasteiger partial charge in [-0.25, -0.2) is 4.98 Å². The second kappa shape index (κ2) is 6.49. The topological polar surface area (TPSA) is 57.3 Å². The molecule has 1 N–H and O–H groups in total. The summed E-state index contributed by atoms with van der Waals surface area (Å²) in [4.78, 5) is 17.3. The van der Waals surface area contributed by atoms with Crippen LogP contribution in [0.1, 0.15) is 5.69 Å². The third-order valence-corrected chi connectivity index (χ3v) is 4.46. The number of aromatic amines is 1. The number of methoxy groups -OCH3 is 1. The fourth-order valence-corrected chi connectivity index (χ4v) is 3.11. The normalized spacial score (nSPS) is 15.8. The number of aromatic nitrogens is 3. The first-order valence-electron chi connectivity index (χ1n) is 8.23. The number of H-pyrrole nitrogens is 1. The lowest BCUT2D eigenvalue weighted by atomic mass is 10.2. The molecule has 0 saturated carbocycles. The molecule has 6 heteroatoms. The molecular formula is C18H21N5O. The average molecular weight is 323 g/mol. The van der Waals surface area contributed by atoms with E-state index in [9.17, 15) is 0 Å². The molecule has 24 heavy (non-hydrogen) atoms. The van der Waals surface area contributed by atoms with Gasteiger partial charge < -0.3 is 14.6 Å². The maximum atomic E-state index is 5.27. The number of rotatable bonds is 4. The van der Waals surface area contributed by atoms with Crippen LogP contribution in [-0.4, -0.2) is 53.1 Å². The number of fused-ring (bicyclic) bond motifs is 1. The molecule has 1 aliphatic heterocycles. The number of ether oxygens (including phenoxy) is 1. The van der Waals surface area contributed by atoms with Gasteiger partial charge in [-0.1, -0.05) is 12.1 Å². The second-order valence-corrected chi connectivity index (χ2v) is 6.03. The lowest BCUT2D eigenvalue weighted by Crippen LogP contribution is -2.46. The van der Waals surface area contributed by atoms with Crippen LogP contribution in [0.4, 0.5) is 5.95 Å². The van der Waals surface area contributed by atoms with Crippen LogP contribution in [0.3, 0.4) is 0 Å². The molecule has 6 nitrogen and oxygen atoms in total. The first-order chi connectivity index (χ1) is 11.8. The van der Waals surface area contributed by atoms with Gasteiger partial charge in [0.1, 0.15) is 5.75 Å². The summed E-state index contributed by atoms with van der Waals surface area (Å²) in [7, 11) is 1.69. The van der Waals surface area contributed by atoms with E-state index in [1.807, 2.05) is 30.3 Å². The van der Waals surface area contributed by atoms with E-state index in [1.54, 1.807) is 13.3 Å². The summed E-state index contributed by atoms with van der Waals surface area (Å²) in [5.74, 6) is 1.83. The van der Waals surface area contributed by atoms with Gasteiger partial charge in [0.2, 0.25) is 5.95 Å². The molecule has 3 heterocycles. The van der Waals surface area contributed by atoms with Gasteiger partial charge in [0.05, 0.1) is 23.8 Å². The summed E-state index contributed by atoms with van der Waals surface area (Å²) < 4.78 is 5.27. The van der Waals surface area contributed by atoms with Crippen molar-refractivity contribution >= 4 is 17.0 Å². The van der Waals surface area contributed by atoms with E-state index in [2.05, 4.69) is 25.8 Å². The molecule has 2 aromatic heterocycles. The van der Waals surface area contributed by atoms with Gasteiger partial charge in [0.15, 0.2) is 0 Å². The fraction of sp³-hybridized carbons (Fsp3) is 0.333. The lowest BCUT2D eigenvalue weighted by Gasteiger charge is -2.34. The van der Waals surface area contributed by atoms with E-state index >= 15 is 0 Å². The van der Waals surface area contributed by atoms with Gasteiger partial charge >= 0.3 is 0 Å². The van der Waals surface area contributed by atoms with Crippen molar-refractivity contribution in [2.45, 2.75) is 6.54 Å². The lowest BCUT2D eigenvalue weighted by molar-refractivity contribution is 0.245. The van der Waals surface area contributed by atoms with Crippen molar-refractivity contribution in [3.05, 3.63) is 48.3 Å². The minimum Gasteiger partial charge on any atom is -0.497 e. The van der Waals surface area contributed by atoms with Crippen LogP contribution in [0, 0.1) is 0 Å². The third-order valence-electron chi connectivity index (χ3n) is 4.46. The van der Waals surface area contributed by atoms with Crippen LogP contribution in [0.5, 0.6) is 5.75 Å². The number of piperazine rings is 1. The van der Waals surface area contributed by atoms with Crippen LogP contribution >= 0.6 is 0 Å². The molecule has 4 rings (SSSR count). The van der Waals surface area contributed by atoms with Crippen molar-refractivity contribution in [1.82, 2.24) is 19.9 Å². The van der Waals surface area contributed by atoms with Gasteiger partial charge in [0, 0.05) is 45.0 Å². The van der Waals surface area contributed by atoms with Crippen LogP contribution in [0.2, 0.25) is 0 Å². The van der Waals surface area contributed by atoms with Gasteiger partial charge in [-0.3, -0.25) is 9.88 Å². The molecule has 1 aliphatic rings. The summed E-state index contributed by atoms with van der Waals surface area (Å²) in [5, 5.41) is 0. The van der Waals surface area contributed by atoms with Crippen molar-refractivity contribution in [2.24, 2.45) is 0 Å². The Labute approximate surface area is 141 Å². The second-order valence-electron chi connectivity index (χ2n) is 6.03. The average Bonchev–Trinajstić information content (AvgIpc) is 3.06. The molecule has 0 aliphatic carbocycles. The molecule has 0 atom stereocenters. The Balaban J connectivity index is 1.39. The van der Waals surface area contributed by atoms with E-state index < -0.39 is 0 Å². The number of hydrogen-bond acceptors (Lipinski definition) is 5. The maximum Gasteiger partial charge on any atom is 0.203 e. The van der Waals surface area contributed by atoms with Gasteiger partial charge in [-0.2, -0.15) is 0 Å². The largest absolute Gasteiger partial charge is 0.497 e. The molecule has 0 amide bonds. The zero-order valence-corrected chi connectivity index (χ0v) is 13.8. The molecule has 0 spiro atoms. The highest BCUT2D eigenvalue weighted by Crippen LogP contribution is 2.19. The van der Waals surface area contributed by atoms with Crippen LogP contribution in [0.15, 0.2) is 42.6 Å². The molecule has 0 bridgehead atoms. The summed E-state index contributed by atoms with van der Waals surface area (Å²) in [6.07, 6.45) is 1.80. The van der Waals surface area contributed by atoms with Crippen molar-refractivity contribution in [1.29, 1.82) is 0 Å². The predicted molar refractivity (Wildman–Crippen MR) is 94.4 cm³/mol. The van der Waals surface area contributed by atoms with Crippen molar-refractivity contribution in [3.8, 4) is 5.75 Å². The number of nitrogens with zero attached hydrogens (tertiary/aromatic N) is 4. The minimum absolute atomic E-state index is 0.852. The first-order valence-corrected chi connectivity index (χ1v) is 8.23. The summed E-state index contributed by atoms with van der Waals surface area (Å²) in [6.45, 7) is 4.77. The Morgan fingerprint density at radius 2 is 1.96 bits per heavy atom. The SMILES string of the molecule is COc1ccnc(CN2CCN(c3nc4ccccc4[nH]3)CC2)c1. The number of anilines is 1. The van der Waals surface area contributed by atoms with E-state index in [0.717, 1.165) is 61.1 Å². The number of imidazole rings is 1. The number of para-hydroxylation sites is 2. The minimum atomic E-state index is 0.852. The monoisotopic (exact) mass is 323 g/mol. The van der Waals surface area contributed by atoms with E-state index in [1.165, 1.54) is 0 Å². The highest BCUT2D eigenvalue weighted by atomic mass is 16.5. The Morgan fingerprint density at radius 1 is 1.12 bits per heavy atom. The Hall–Kier alpha value is -2.60. The highest BCUT2D eigenvalue weighted by molar-refractivity contribution is 5.77. The predicted octanol–water partition coefficient (Wildman–Crippen LogP) is 2.29. The standard InChI is InChI=1S/C18H21N5O/c1-24-15-6-7-19-14(12-15)13-22-8-10-23(11-9-22)18-20-16-4-2-3-5-17(16)21-18/h2-7,12H,8-11,13H2,1H3,(H,20,21). The molecule has 0 radical (unpaired) electrons. The summed E-state index contributed by atoms with van der Waals surface area (Å²) >= 11 is 0. The maximum absolute atomic E-state index is 5.27. The van der Waals surface area contributed by atoms with Crippen molar-refractivity contribution in [2.75, 3.05) is 38.2 Å². The number of hydrogen-bond donors (Lipinski definition) is 1. The first kappa shape index (κ1) is 15.0.